The molecule has 0 aliphatic carbocycles. The summed E-state index contributed by atoms with van der Waals surface area (Å²) < 4.78 is 27.0. The predicted molar refractivity (Wildman–Crippen MR) is 105 cm³/mol. The van der Waals surface area contributed by atoms with Crippen LogP contribution in [0.4, 0.5) is 5.69 Å². The molecule has 7 heteroatoms. The maximum absolute atomic E-state index is 12.9. The van der Waals surface area contributed by atoms with Crippen molar-refractivity contribution >= 4 is 33.2 Å². The molecule has 0 unspecified atom stereocenters. The fourth-order valence-electron chi connectivity index (χ4n) is 2.24. The number of benzene rings is 2. The van der Waals surface area contributed by atoms with E-state index in [1.54, 1.807) is 24.3 Å². The Bertz CT molecular complexity index is 896. The standard InChI is InChI=1S/C19H23ClN2O3S/c1-5-19(2,3)21-18(23)16-13-15(11-12-17(16)20)26(24,25)22(4)14-9-7-6-8-10-14/h6-13H,5H2,1-4H3,(H,21,23). The Morgan fingerprint density at radius 1 is 1.15 bits per heavy atom. The van der Waals surface area contributed by atoms with Crippen molar-refractivity contribution in [2.75, 3.05) is 11.4 Å². The molecule has 0 bridgehead atoms. The van der Waals surface area contributed by atoms with Crippen molar-refractivity contribution in [2.24, 2.45) is 0 Å². The summed E-state index contributed by atoms with van der Waals surface area (Å²) in [5, 5.41) is 3.08. The van der Waals surface area contributed by atoms with Gasteiger partial charge in [-0.05, 0) is 50.6 Å². The van der Waals surface area contributed by atoms with Gasteiger partial charge in [0.15, 0.2) is 0 Å². The molecule has 0 aromatic heterocycles. The molecule has 0 fully saturated rings. The fraction of sp³-hybridized carbons (Fsp3) is 0.316. The van der Waals surface area contributed by atoms with Crippen LogP contribution in [0.5, 0.6) is 0 Å². The normalized spacial score (nSPS) is 11.9. The molecule has 5 nitrogen and oxygen atoms in total. The quantitative estimate of drug-likeness (QED) is 0.802. The van der Waals surface area contributed by atoms with Gasteiger partial charge in [0.2, 0.25) is 0 Å². The van der Waals surface area contributed by atoms with Crippen molar-refractivity contribution in [3.05, 3.63) is 59.1 Å². The SMILES string of the molecule is CCC(C)(C)NC(=O)c1cc(S(=O)(=O)N(C)c2ccccc2)ccc1Cl. The highest BCUT2D eigenvalue weighted by Gasteiger charge is 2.25. The van der Waals surface area contributed by atoms with E-state index in [0.717, 1.165) is 6.42 Å². The Morgan fingerprint density at radius 2 is 1.77 bits per heavy atom. The molecule has 26 heavy (non-hydrogen) atoms. The number of rotatable bonds is 6. The van der Waals surface area contributed by atoms with Crippen LogP contribution in [0.25, 0.3) is 0 Å². The third-order valence-electron chi connectivity index (χ3n) is 4.30. The van der Waals surface area contributed by atoms with Crippen LogP contribution >= 0.6 is 11.6 Å². The molecule has 2 aromatic rings. The maximum atomic E-state index is 12.9. The second kappa shape index (κ2) is 7.68. The van der Waals surface area contributed by atoms with E-state index in [1.807, 2.05) is 26.8 Å². The monoisotopic (exact) mass is 394 g/mol. The highest BCUT2D eigenvalue weighted by Crippen LogP contribution is 2.26. The topological polar surface area (TPSA) is 66.5 Å². The van der Waals surface area contributed by atoms with E-state index >= 15 is 0 Å². The zero-order valence-corrected chi connectivity index (χ0v) is 16.9. The molecule has 0 aliphatic heterocycles. The molecule has 1 N–H and O–H groups in total. The van der Waals surface area contributed by atoms with Crippen molar-refractivity contribution in [2.45, 2.75) is 37.6 Å². The largest absolute Gasteiger partial charge is 0.347 e. The molecule has 0 saturated carbocycles. The van der Waals surface area contributed by atoms with Gasteiger partial charge >= 0.3 is 0 Å². The molecule has 0 heterocycles. The van der Waals surface area contributed by atoms with Crippen molar-refractivity contribution in [1.82, 2.24) is 5.32 Å². The second-order valence-electron chi connectivity index (χ2n) is 6.64. The van der Waals surface area contributed by atoms with E-state index in [0.29, 0.717) is 5.69 Å². The van der Waals surface area contributed by atoms with Gasteiger partial charge in [0.1, 0.15) is 0 Å². The van der Waals surface area contributed by atoms with E-state index in [4.69, 9.17) is 11.6 Å². The summed E-state index contributed by atoms with van der Waals surface area (Å²) in [7, 11) is -2.35. The summed E-state index contributed by atoms with van der Waals surface area (Å²) in [6.07, 6.45) is 0.727. The second-order valence-corrected chi connectivity index (χ2v) is 9.02. The molecular formula is C19H23ClN2O3S. The smallest absolute Gasteiger partial charge is 0.264 e. The zero-order valence-electron chi connectivity index (χ0n) is 15.3. The van der Waals surface area contributed by atoms with Gasteiger partial charge in [-0.2, -0.15) is 0 Å². The van der Waals surface area contributed by atoms with Gasteiger partial charge in [-0.3, -0.25) is 9.10 Å². The van der Waals surface area contributed by atoms with Gasteiger partial charge in [-0.25, -0.2) is 8.42 Å². The van der Waals surface area contributed by atoms with Crippen LogP contribution in [0.15, 0.2) is 53.4 Å². The lowest BCUT2D eigenvalue weighted by atomic mass is 10.0. The summed E-state index contributed by atoms with van der Waals surface area (Å²) in [5.74, 6) is -0.402. The molecule has 0 saturated heterocycles. The lowest BCUT2D eigenvalue weighted by molar-refractivity contribution is 0.0911. The molecule has 2 rings (SSSR count). The van der Waals surface area contributed by atoms with Crippen LogP contribution in [0, 0.1) is 0 Å². The number of nitrogens with one attached hydrogen (secondary N) is 1. The van der Waals surface area contributed by atoms with Crippen LogP contribution in [0.1, 0.15) is 37.6 Å². The zero-order chi connectivity index (χ0) is 19.5. The third-order valence-corrected chi connectivity index (χ3v) is 6.41. The number of nitrogens with zero attached hydrogens (tertiary/aromatic N) is 1. The minimum Gasteiger partial charge on any atom is -0.347 e. The lowest BCUT2D eigenvalue weighted by Gasteiger charge is -2.25. The Labute approximate surface area is 160 Å². The van der Waals surface area contributed by atoms with E-state index in [1.165, 1.54) is 29.6 Å². The molecular weight excluding hydrogens is 372 g/mol. The van der Waals surface area contributed by atoms with Gasteiger partial charge in [-0.1, -0.05) is 36.7 Å². The molecule has 1 amide bonds. The number of para-hydroxylation sites is 1. The number of hydrogen-bond acceptors (Lipinski definition) is 3. The van der Waals surface area contributed by atoms with Gasteiger partial charge in [-0.15, -0.1) is 0 Å². The van der Waals surface area contributed by atoms with Gasteiger partial charge in [0.05, 0.1) is 21.2 Å². The van der Waals surface area contributed by atoms with E-state index in [2.05, 4.69) is 5.32 Å². The summed E-state index contributed by atoms with van der Waals surface area (Å²) in [4.78, 5) is 12.6. The summed E-state index contributed by atoms with van der Waals surface area (Å²) in [6.45, 7) is 5.74. The van der Waals surface area contributed by atoms with E-state index in [-0.39, 0.29) is 15.5 Å². The number of halogens is 1. The highest BCUT2D eigenvalue weighted by molar-refractivity contribution is 7.92. The molecule has 0 atom stereocenters. The Kier molecular flexibility index (Phi) is 5.98. The van der Waals surface area contributed by atoms with Crippen molar-refractivity contribution < 1.29 is 13.2 Å². The van der Waals surface area contributed by atoms with E-state index < -0.39 is 21.5 Å². The Morgan fingerprint density at radius 3 is 2.35 bits per heavy atom. The van der Waals surface area contributed by atoms with Crippen LogP contribution in [0.3, 0.4) is 0 Å². The average Bonchev–Trinajstić information content (AvgIpc) is 2.61. The van der Waals surface area contributed by atoms with Gasteiger partial charge in [0, 0.05) is 12.6 Å². The Balaban J connectivity index is 2.41. The lowest BCUT2D eigenvalue weighted by Crippen LogP contribution is -2.43. The number of amides is 1. The maximum Gasteiger partial charge on any atom is 0.264 e. The molecule has 0 spiro atoms. The number of anilines is 1. The summed E-state index contributed by atoms with van der Waals surface area (Å²) in [5.41, 5.74) is 0.243. The van der Waals surface area contributed by atoms with Crippen molar-refractivity contribution in [3.8, 4) is 0 Å². The predicted octanol–water partition coefficient (Wildman–Crippen LogP) is 4.08. The molecule has 140 valence electrons. The van der Waals surface area contributed by atoms with Crippen molar-refractivity contribution in [1.29, 1.82) is 0 Å². The molecule has 2 aromatic carbocycles. The molecule has 0 radical (unpaired) electrons. The molecule has 0 aliphatic rings. The summed E-state index contributed by atoms with van der Waals surface area (Å²) in [6, 6.07) is 12.9. The first-order chi connectivity index (χ1) is 12.1. The highest BCUT2D eigenvalue weighted by atomic mass is 35.5. The first kappa shape index (κ1) is 20.3. The minimum atomic E-state index is -3.82. The first-order valence-electron chi connectivity index (χ1n) is 8.24. The van der Waals surface area contributed by atoms with Crippen LogP contribution in [-0.2, 0) is 10.0 Å². The van der Waals surface area contributed by atoms with Gasteiger partial charge < -0.3 is 5.32 Å². The summed E-state index contributed by atoms with van der Waals surface area (Å²) >= 11 is 6.14. The minimum absolute atomic E-state index is 0.00714. The number of carbonyl (C=O) groups excluding carboxylic acids is 1. The first-order valence-corrected chi connectivity index (χ1v) is 10.1. The van der Waals surface area contributed by atoms with Crippen LogP contribution < -0.4 is 9.62 Å². The third kappa shape index (κ3) is 4.37. The number of hydrogen-bond donors (Lipinski definition) is 1. The van der Waals surface area contributed by atoms with Crippen LogP contribution in [-0.4, -0.2) is 26.9 Å². The fourth-order valence-corrected chi connectivity index (χ4v) is 3.66. The average molecular weight is 395 g/mol. The number of sulfonamides is 1. The Hall–Kier alpha value is -2.05. The number of carbonyl (C=O) groups is 1. The van der Waals surface area contributed by atoms with Crippen molar-refractivity contribution in [3.63, 3.8) is 0 Å². The van der Waals surface area contributed by atoms with Gasteiger partial charge in [0.25, 0.3) is 15.9 Å². The van der Waals surface area contributed by atoms with Crippen LogP contribution in [0.2, 0.25) is 5.02 Å². The van der Waals surface area contributed by atoms with E-state index in [9.17, 15) is 13.2 Å².